The van der Waals surface area contributed by atoms with Gasteiger partial charge in [-0.05, 0) is 50.1 Å². The van der Waals surface area contributed by atoms with E-state index in [1.54, 1.807) is 0 Å². The summed E-state index contributed by atoms with van der Waals surface area (Å²) in [6.07, 6.45) is -1.59. The predicted molar refractivity (Wildman–Crippen MR) is 113 cm³/mol. The lowest BCUT2D eigenvalue weighted by molar-refractivity contribution is -0.144. The molecule has 4 rings (SSSR count). The van der Waals surface area contributed by atoms with Gasteiger partial charge >= 0.3 is 6.18 Å². The molecule has 33 heavy (non-hydrogen) atoms. The van der Waals surface area contributed by atoms with E-state index in [0.717, 1.165) is 12.8 Å². The Bertz CT molecular complexity index is 1220. The fraction of sp³-hybridized carbons (Fsp3) is 0.350. The highest BCUT2D eigenvalue weighted by Gasteiger charge is 2.35. The molecule has 2 aromatic heterocycles. The van der Waals surface area contributed by atoms with E-state index in [-0.39, 0.29) is 40.6 Å². The molecule has 0 saturated carbocycles. The second-order valence-corrected chi connectivity index (χ2v) is 9.23. The quantitative estimate of drug-likeness (QED) is 0.472. The number of nitrogens with one attached hydrogen (secondary N) is 3. The molecular weight excluding hydrogens is 461 g/mol. The molecule has 0 aliphatic carbocycles. The molecule has 0 spiro atoms. The number of sulfonamides is 1. The summed E-state index contributed by atoms with van der Waals surface area (Å²) >= 11 is 0. The molecule has 3 N–H and O–H groups in total. The summed E-state index contributed by atoms with van der Waals surface area (Å²) in [5.74, 6) is -0.983. The molecule has 1 atom stereocenters. The van der Waals surface area contributed by atoms with Crippen LogP contribution >= 0.6 is 0 Å². The first-order valence-electron chi connectivity index (χ1n) is 10.1. The van der Waals surface area contributed by atoms with Crippen molar-refractivity contribution in [3.63, 3.8) is 0 Å². The van der Waals surface area contributed by atoms with Crippen molar-refractivity contribution in [3.05, 3.63) is 48.0 Å². The van der Waals surface area contributed by atoms with Crippen LogP contribution in [0, 0.1) is 6.92 Å². The minimum Gasteiger partial charge on any atom is -0.377 e. The Morgan fingerprint density at radius 2 is 1.94 bits per heavy atom. The van der Waals surface area contributed by atoms with Crippen LogP contribution < -0.4 is 10.0 Å². The van der Waals surface area contributed by atoms with E-state index in [4.69, 9.17) is 4.74 Å². The molecule has 3 aromatic rings. The first kappa shape index (κ1) is 23.1. The van der Waals surface area contributed by atoms with E-state index >= 15 is 0 Å². The third-order valence-corrected chi connectivity index (χ3v) is 6.44. The van der Waals surface area contributed by atoms with Gasteiger partial charge in [0.25, 0.3) is 0 Å². The zero-order chi connectivity index (χ0) is 23.6. The molecule has 9 nitrogen and oxygen atoms in total. The van der Waals surface area contributed by atoms with Gasteiger partial charge in [0, 0.05) is 30.7 Å². The zero-order valence-electron chi connectivity index (χ0n) is 17.5. The fourth-order valence-electron chi connectivity index (χ4n) is 3.33. The highest BCUT2D eigenvalue weighted by molar-refractivity contribution is 7.89. The predicted octanol–water partition coefficient (Wildman–Crippen LogP) is 3.39. The van der Waals surface area contributed by atoms with Gasteiger partial charge in [0.05, 0.1) is 16.7 Å². The molecule has 176 valence electrons. The van der Waals surface area contributed by atoms with Crippen molar-refractivity contribution in [2.24, 2.45) is 0 Å². The van der Waals surface area contributed by atoms with E-state index in [2.05, 4.69) is 30.0 Å². The molecular formula is C20H21F3N6O3S. The highest BCUT2D eigenvalue weighted by Crippen LogP contribution is 2.30. The summed E-state index contributed by atoms with van der Waals surface area (Å²) in [6.45, 7) is 2.32. The van der Waals surface area contributed by atoms with Crippen molar-refractivity contribution in [2.75, 3.05) is 18.5 Å². The van der Waals surface area contributed by atoms with Gasteiger partial charge in [0.2, 0.25) is 21.8 Å². The van der Waals surface area contributed by atoms with Crippen LogP contribution in [0.5, 0.6) is 0 Å². The Kier molecular flexibility index (Phi) is 6.36. The molecule has 1 aliphatic rings. The number of aryl methyl sites for hydroxylation is 1. The van der Waals surface area contributed by atoms with Crippen LogP contribution in [0.2, 0.25) is 0 Å². The summed E-state index contributed by atoms with van der Waals surface area (Å²) < 4.78 is 71.6. The average Bonchev–Trinajstić information content (AvgIpc) is 3.42. The molecule has 0 amide bonds. The highest BCUT2D eigenvalue weighted by atomic mass is 32.2. The van der Waals surface area contributed by atoms with Crippen LogP contribution in [-0.2, 0) is 20.9 Å². The number of halogens is 3. The molecule has 0 radical (unpaired) electrons. The number of hydrogen-bond donors (Lipinski definition) is 3. The van der Waals surface area contributed by atoms with Gasteiger partial charge in [-0.3, -0.25) is 0 Å². The molecule has 1 aromatic carbocycles. The number of H-pyrrole nitrogens is 1. The maximum absolute atomic E-state index is 12.9. The lowest BCUT2D eigenvalue weighted by atomic mass is 10.2. The second-order valence-electron chi connectivity index (χ2n) is 7.46. The van der Waals surface area contributed by atoms with Crippen molar-refractivity contribution in [1.29, 1.82) is 0 Å². The van der Waals surface area contributed by atoms with Crippen molar-refractivity contribution >= 4 is 21.7 Å². The van der Waals surface area contributed by atoms with Gasteiger partial charge in [0.1, 0.15) is 5.69 Å². The van der Waals surface area contributed by atoms with Gasteiger partial charge in [-0.2, -0.15) is 13.2 Å². The van der Waals surface area contributed by atoms with Crippen LogP contribution in [-0.4, -0.2) is 47.6 Å². The molecule has 1 saturated heterocycles. The minimum atomic E-state index is -4.60. The molecule has 1 unspecified atom stereocenters. The largest absolute Gasteiger partial charge is 0.449 e. The molecule has 1 aliphatic heterocycles. The Hall–Kier alpha value is -3.03. The molecule has 3 heterocycles. The fourth-order valence-corrected chi connectivity index (χ4v) is 4.40. The number of rotatable bonds is 7. The lowest BCUT2D eigenvalue weighted by Crippen LogP contribution is -2.31. The standard InChI is InChI=1S/C20H21F3N6O3S/c1-12-17(29-18(26-12)20(21,22)23)16-8-9-24-19(28-16)27-13-4-6-15(7-5-13)33(30,31)25-11-14-3-2-10-32-14/h4-9,14,25H,2-3,10-11H2,1H3,(H,26,29)(H,24,27,28). The normalized spacial score (nSPS) is 16.8. The number of ether oxygens (including phenoxy) is 1. The number of nitrogens with zero attached hydrogens (tertiary/aromatic N) is 3. The number of aromatic nitrogens is 4. The van der Waals surface area contributed by atoms with Crippen molar-refractivity contribution < 1.29 is 26.3 Å². The average molecular weight is 482 g/mol. The van der Waals surface area contributed by atoms with Gasteiger partial charge in [-0.1, -0.05) is 0 Å². The Labute approximate surface area is 187 Å². The third-order valence-electron chi connectivity index (χ3n) is 5.00. The van der Waals surface area contributed by atoms with E-state index in [0.29, 0.717) is 12.3 Å². The van der Waals surface area contributed by atoms with E-state index in [9.17, 15) is 21.6 Å². The number of imidazole rings is 1. The number of alkyl halides is 3. The second kappa shape index (κ2) is 9.08. The maximum Gasteiger partial charge on any atom is 0.449 e. The minimum absolute atomic E-state index is 0.0616. The number of benzene rings is 1. The lowest BCUT2D eigenvalue weighted by Gasteiger charge is -2.12. The number of anilines is 2. The maximum atomic E-state index is 12.9. The molecule has 0 bridgehead atoms. The topological polar surface area (TPSA) is 122 Å². The van der Waals surface area contributed by atoms with E-state index < -0.39 is 22.0 Å². The smallest absolute Gasteiger partial charge is 0.377 e. The Morgan fingerprint density at radius 1 is 1.18 bits per heavy atom. The van der Waals surface area contributed by atoms with E-state index in [1.807, 2.05) is 0 Å². The Morgan fingerprint density at radius 3 is 2.58 bits per heavy atom. The van der Waals surface area contributed by atoms with Crippen LogP contribution in [0.4, 0.5) is 24.8 Å². The summed E-state index contributed by atoms with van der Waals surface area (Å²) in [5, 5.41) is 2.91. The van der Waals surface area contributed by atoms with Crippen LogP contribution in [0.25, 0.3) is 11.4 Å². The van der Waals surface area contributed by atoms with Gasteiger partial charge in [-0.15, -0.1) is 0 Å². The van der Waals surface area contributed by atoms with Crippen molar-refractivity contribution in [2.45, 2.75) is 36.9 Å². The van der Waals surface area contributed by atoms with Crippen molar-refractivity contribution in [1.82, 2.24) is 24.7 Å². The van der Waals surface area contributed by atoms with Crippen LogP contribution in [0.3, 0.4) is 0 Å². The summed E-state index contributed by atoms with van der Waals surface area (Å²) in [5.41, 5.74) is 0.984. The molecule has 13 heteroatoms. The zero-order valence-corrected chi connectivity index (χ0v) is 18.3. The summed E-state index contributed by atoms with van der Waals surface area (Å²) in [6, 6.07) is 7.38. The monoisotopic (exact) mass is 482 g/mol. The van der Waals surface area contributed by atoms with Crippen LogP contribution in [0.15, 0.2) is 41.4 Å². The van der Waals surface area contributed by atoms with Gasteiger partial charge in [0.15, 0.2) is 0 Å². The first-order valence-corrected chi connectivity index (χ1v) is 11.6. The molecule has 1 fully saturated rings. The van der Waals surface area contributed by atoms with Gasteiger partial charge in [-0.25, -0.2) is 28.1 Å². The summed E-state index contributed by atoms with van der Waals surface area (Å²) in [7, 11) is -3.69. The van der Waals surface area contributed by atoms with Crippen molar-refractivity contribution in [3.8, 4) is 11.4 Å². The number of aromatic amines is 1. The van der Waals surface area contributed by atoms with Crippen LogP contribution in [0.1, 0.15) is 24.4 Å². The summed E-state index contributed by atoms with van der Waals surface area (Å²) in [4.78, 5) is 14.2. The first-order chi connectivity index (χ1) is 15.6. The third kappa shape index (κ3) is 5.49. The van der Waals surface area contributed by atoms with E-state index in [1.165, 1.54) is 43.5 Å². The Balaban J connectivity index is 1.46. The SMILES string of the molecule is Cc1[nH]c(C(F)(F)F)nc1-c1ccnc(Nc2ccc(S(=O)(=O)NCC3CCCO3)cc2)n1. The van der Waals surface area contributed by atoms with Gasteiger partial charge < -0.3 is 15.0 Å². The number of hydrogen-bond acceptors (Lipinski definition) is 7.